The maximum Gasteiger partial charge on any atom is 0.227 e. The van der Waals surface area contributed by atoms with E-state index in [9.17, 15) is 0 Å². The minimum absolute atomic E-state index is 0.534. The summed E-state index contributed by atoms with van der Waals surface area (Å²) >= 11 is 1.59. The quantitative estimate of drug-likeness (QED) is 0.515. The summed E-state index contributed by atoms with van der Waals surface area (Å²) < 4.78 is 10.4. The lowest BCUT2D eigenvalue weighted by Gasteiger charge is -2.06. The van der Waals surface area contributed by atoms with Crippen LogP contribution in [0, 0.1) is 6.92 Å². The molecule has 0 aliphatic carbocycles. The number of nitrogens with one attached hydrogen (secondary N) is 1. The lowest BCUT2D eigenvalue weighted by Crippen LogP contribution is -1.98. The van der Waals surface area contributed by atoms with Gasteiger partial charge in [0.2, 0.25) is 5.95 Å². The monoisotopic (exact) mass is 342 g/mol. The van der Waals surface area contributed by atoms with Gasteiger partial charge in [-0.15, -0.1) is 0 Å². The molecule has 0 bridgehead atoms. The second-order valence-electron chi connectivity index (χ2n) is 5.02. The first-order valence-electron chi connectivity index (χ1n) is 7.51. The highest BCUT2D eigenvalue weighted by atomic mass is 32.2. The zero-order valence-electron chi connectivity index (χ0n) is 13.5. The van der Waals surface area contributed by atoms with E-state index < -0.39 is 0 Å². The van der Waals surface area contributed by atoms with Crippen LogP contribution >= 0.6 is 11.8 Å². The summed E-state index contributed by atoms with van der Waals surface area (Å²) in [5.41, 5.74) is 2.61. The highest BCUT2D eigenvalue weighted by Crippen LogP contribution is 2.32. The van der Waals surface area contributed by atoms with Crippen LogP contribution in [0.2, 0.25) is 0 Å². The summed E-state index contributed by atoms with van der Waals surface area (Å²) in [5, 5.41) is 8.14. The molecule has 2 heterocycles. The van der Waals surface area contributed by atoms with E-state index in [1.165, 1.54) is 0 Å². The van der Waals surface area contributed by atoms with Crippen molar-refractivity contribution in [2.45, 2.75) is 11.9 Å². The van der Waals surface area contributed by atoms with Crippen LogP contribution in [0.4, 0.5) is 11.6 Å². The lowest BCUT2D eigenvalue weighted by molar-refractivity contribution is 0.218. The third-order valence-corrected chi connectivity index (χ3v) is 4.22. The summed E-state index contributed by atoms with van der Waals surface area (Å²) in [6, 6.07) is 11.7. The molecular weight excluding hydrogens is 324 g/mol. The third-order valence-electron chi connectivity index (χ3n) is 3.30. The molecule has 7 heteroatoms. The van der Waals surface area contributed by atoms with Crippen molar-refractivity contribution in [1.82, 2.24) is 15.1 Å². The molecule has 0 spiro atoms. The Morgan fingerprint density at radius 3 is 2.83 bits per heavy atom. The minimum Gasteiger partial charge on any atom is -0.384 e. The van der Waals surface area contributed by atoms with Gasteiger partial charge in [0.25, 0.3) is 0 Å². The fourth-order valence-corrected chi connectivity index (χ4v) is 3.10. The minimum atomic E-state index is 0.534. The van der Waals surface area contributed by atoms with Gasteiger partial charge in [-0.1, -0.05) is 35.1 Å². The van der Waals surface area contributed by atoms with Crippen molar-refractivity contribution in [2.75, 3.05) is 24.8 Å². The normalized spacial score (nSPS) is 10.8. The number of hydrogen-bond acceptors (Lipinski definition) is 7. The molecule has 0 amide bonds. The maximum atomic E-state index is 5.35. The molecule has 3 rings (SSSR count). The standard InChI is InChI=1S/C17H18N4O2S/c1-12-15(16(21-23-12)24-11-10-22-2)14-8-9-18-17(20-14)19-13-6-4-3-5-7-13/h3-9H,10-11H2,1-2H3,(H,18,19,20). The molecule has 0 fully saturated rings. The topological polar surface area (TPSA) is 73.1 Å². The molecule has 0 saturated carbocycles. The first-order valence-corrected chi connectivity index (χ1v) is 8.50. The van der Waals surface area contributed by atoms with Crippen molar-refractivity contribution in [3.8, 4) is 11.3 Å². The lowest BCUT2D eigenvalue weighted by atomic mass is 10.2. The number of methoxy groups -OCH3 is 1. The van der Waals surface area contributed by atoms with E-state index >= 15 is 0 Å². The summed E-state index contributed by atoms with van der Waals surface area (Å²) in [4.78, 5) is 8.87. The number of para-hydroxylation sites is 1. The van der Waals surface area contributed by atoms with Crippen molar-refractivity contribution >= 4 is 23.4 Å². The molecule has 124 valence electrons. The van der Waals surface area contributed by atoms with Gasteiger partial charge < -0.3 is 14.6 Å². The third kappa shape index (κ3) is 3.93. The Balaban J connectivity index is 1.85. The van der Waals surface area contributed by atoms with E-state index in [0.29, 0.717) is 12.6 Å². The van der Waals surface area contributed by atoms with Gasteiger partial charge >= 0.3 is 0 Å². The molecule has 2 aromatic heterocycles. The van der Waals surface area contributed by atoms with Gasteiger partial charge in [0, 0.05) is 24.7 Å². The van der Waals surface area contributed by atoms with E-state index in [1.54, 1.807) is 25.1 Å². The number of anilines is 2. The number of ether oxygens (including phenoxy) is 1. The Morgan fingerprint density at radius 1 is 1.21 bits per heavy atom. The van der Waals surface area contributed by atoms with Crippen LogP contribution in [0.25, 0.3) is 11.3 Å². The number of aryl methyl sites for hydroxylation is 1. The molecule has 0 atom stereocenters. The average molecular weight is 342 g/mol. The van der Waals surface area contributed by atoms with Crippen LogP contribution < -0.4 is 5.32 Å². The molecule has 0 radical (unpaired) electrons. The van der Waals surface area contributed by atoms with Gasteiger partial charge in [0.15, 0.2) is 0 Å². The summed E-state index contributed by atoms with van der Waals surface area (Å²) in [6.45, 7) is 2.54. The van der Waals surface area contributed by atoms with Gasteiger partial charge in [0.05, 0.1) is 17.9 Å². The van der Waals surface area contributed by atoms with E-state index in [2.05, 4.69) is 20.4 Å². The predicted molar refractivity (Wildman–Crippen MR) is 94.6 cm³/mol. The second kappa shape index (κ2) is 7.94. The fraction of sp³-hybridized carbons (Fsp3) is 0.235. The first-order chi connectivity index (χ1) is 11.8. The number of nitrogens with zero attached hydrogens (tertiary/aromatic N) is 3. The van der Waals surface area contributed by atoms with Gasteiger partial charge in [-0.05, 0) is 25.1 Å². The molecule has 0 aliphatic heterocycles. The molecular formula is C17H18N4O2S. The molecule has 3 aromatic rings. The van der Waals surface area contributed by atoms with Crippen molar-refractivity contribution in [3.05, 3.63) is 48.4 Å². The first kappa shape index (κ1) is 16.5. The van der Waals surface area contributed by atoms with Crippen molar-refractivity contribution in [3.63, 3.8) is 0 Å². The largest absolute Gasteiger partial charge is 0.384 e. The molecule has 0 aliphatic rings. The van der Waals surface area contributed by atoms with Crippen LogP contribution in [0.3, 0.4) is 0 Å². The average Bonchev–Trinajstić information content (AvgIpc) is 2.97. The van der Waals surface area contributed by atoms with Crippen LogP contribution in [0.5, 0.6) is 0 Å². The number of hydrogen-bond donors (Lipinski definition) is 1. The Bertz CT molecular complexity index is 792. The summed E-state index contributed by atoms with van der Waals surface area (Å²) in [7, 11) is 1.68. The number of rotatable bonds is 7. The molecule has 0 unspecified atom stereocenters. The Hall–Kier alpha value is -2.38. The number of thioether (sulfide) groups is 1. The molecule has 1 aromatic carbocycles. The maximum absolute atomic E-state index is 5.35. The van der Waals surface area contributed by atoms with Gasteiger partial charge in [-0.2, -0.15) is 0 Å². The fourth-order valence-electron chi connectivity index (χ4n) is 2.17. The summed E-state index contributed by atoms with van der Waals surface area (Å²) in [6.07, 6.45) is 1.73. The Morgan fingerprint density at radius 2 is 2.04 bits per heavy atom. The Labute approximate surface area is 144 Å². The molecule has 24 heavy (non-hydrogen) atoms. The SMILES string of the molecule is COCCSc1noc(C)c1-c1ccnc(Nc2ccccc2)n1. The highest BCUT2D eigenvalue weighted by Gasteiger charge is 2.17. The second-order valence-corrected chi connectivity index (χ2v) is 6.10. The van der Waals surface area contributed by atoms with E-state index in [-0.39, 0.29) is 0 Å². The molecule has 1 N–H and O–H groups in total. The van der Waals surface area contributed by atoms with Crippen molar-refractivity contribution in [1.29, 1.82) is 0 Å². The van der Waals surface area contributed by atoms with E-state index in [1.807, 2.05) is 43.3 Å². The summed E-state index contributed by atoms with van der Waals surface area (Å²) in [5.74, 6) is 2.07. The van der Waals surface area contributed by atoms with Crippen molar-refractivity contribution in [2.24, 2.45) is 0 Å². The highest BCUT2D eigenvalue weighted by molar-refractivity contribution is 7.99. The Kier molecular flexibility index (Phi) is 5.45. The molecule has 0 saturated heterocycles. The zero-order valence-corrected chi connectivity index (χ0v) is 14.3. The van der Waals surface area contributed by atoms with Crippen molar-refractivity contribution < 1.29 is 9.26 Å². The predicted octanol–water partition coefficient (Wildman–Crippen LogP) is 3.92. The zero-order chi connectivity index (χ0) is 16.8. The van der Waals surface area contributed by atoms with Crippen LogP contribution in [0.15, 0.2) is 52.1 Å². The number of benzene rings is 1. The number of aromatic nitrogens is 3. The van der Waals surface area contributed by atoms with Gasteiger partial charge in [-0.3, -0.25) is 0 Å². The van der Waals surface area contributed by atoms with Crippen LogP contribution in [-0.4, -0.2) is 34.6 Å². The van der Waals surface area contributed by atoms with E-state index in [0.717, 1.165) is 33.5 Å². The molecule has 6 nitrogen and oxygen atoms in total. The van der Waals surface area contributed by atoms with E-state index in [4.69, 9.17) is 9.26 Å². The van der Waals surface area contributed by atoms with Gasteiger partial charge in [0.1, 0.15) is 10.8 Å². The van der Waals surface area contributed by atoms with Crippen LogP contribution in [0.1, 0.15) is 5.76 Å². The smallest absolute Gasteiger partial charge is 0.227 e. The van der Waals surface area contributed by atoms with Crippen LogP contribution in [-0.2, 0) is 4.74 Å². The van der Waals surface area contributed by atoms with Gasteiger partial charge in [-0.25, -0.2) is 9.97 Å².